The second kappa shape index (κ2) is 6.09. The molecule has 21 heavy (non-hydrogen) atoms. The van der Waals surface area contributed by atoms with Crippen LogP contribution in [0.4, 0.5) is 5.69 Å². The first-order valence-electron chi connectivity index (χ1n) is 6.81. The normalized spacial score (nSPS) is 11.6. The van der Waals surface area contributed by atoms with E-state index in [1.54, 1.807) is 17.9 Å². The fraction of sp³-hybridized carbons (Fsp3) is 0.500. The average molecular weight is 291 g/mol. The molecule has 0 atom stereocenters. The molecular weight excluding hydrogens is 270 g/mol. The van der Waals surface area contributed by atoms with E-state index < -0.39 is 0 Å². The number of nitrogens with zero attached hydrogens (tertiary/aromatic N) is 4. The molecule has 0 saturated carbocycles. The van der Waals surface area contributed by atoms with Crippen molar-refractivity contribution in [2.45, 2.75) is 32.9 Å². The molecule has 7 heteroatoms. The summed E-state index contributed by atoms with van der Waals surface area (Å²) in [7, 11) is 1.58. The molecule has 0 radical (unpaired) electrons. The third-order valence-corrected chi connectivity index (χ3v) is 3.09. The van der Waals surface area contributed by atoms with E-state index in [1.165, 1.54) is 0 Å². The Morgan fingerprint density at radius 1 is 1.33 bits per heavy atom. The molecule has 0 aliphatic rings. The van der Waals surface area contributed by atoms with Gasteiger partial charge in [0.15, 0.2) is 5.82 Å². The van der Waals surface area contributed by atoms with Crippen LogP contribution in [0.25, 0.3) is 11.4 Å². The number of benzene rings is 1. The van der Waals surface area contributed by atoms with Gasteiger partial charge in [0.1, 0.15) is 5.75 Å². The molecule has 0 aliphatic heterocycles. The van der Waals surface area contributed by atoms with E-state index in [4.69, 9.17) is 15.2 Å². The average Bonchev–Trinajstić information content (AvgIpc) is 2.86. The van der Waals surface area contributed by atoms with E-state index in [0.29, 0.717) is 30.4 Å². The smallest absolute Gasteiger partial charge is 0.182 e. The number of hydrogen-bond acceptors (Lipinski definition) is 6. The third-order valence-electron chi connectivity index (χ3n) is 3.09. The maximum atomic E-state index is 5.83. The second-order valence-electron chi connectivity index (χ2n) is 5.31. The summed E-state index contributed by atoms with van der Waals surface area (Å²) < 4.78 is 12.7. The number of rotatable bonds is 6. The third kappa shape index (κ3) is 3.49. The van der Waals surface area contributed by atoms with Crippen LogP contribution in [0.5, 0.6) is 5.75 Å². The van der Waals surface area contributed by atoms with Gasteiger partial charge in [0, 0.05) is 12.2 Å². The Bertz CT molecular complexity index is 609. The summed E-state index contributed by atoms with van der Waals surface area (Å²) in [6.45, 7) is 7.17. The molecule has 0 spiro atoms. The van der Waals surface area contributed by atoms with Gasteiger partial charge >= 0.3 is 0 Å². The van der Waals surface area contributed by atoms with Crippen LogP contribution in [0.1, 0.15) is 20.8 Å². The first kappa shape index (κ1) is 15.2. The number of hydrogen-bond donors (Lipinski definition) is 1. The van der Waals surface area contributed by atoms with E-state index in [-0.39, 0.29) is 5.60 Å². The molecule has 1 aromatic carbocycles. The van der Waals surface area contributed by atoms with Gasteiger partial charge in [-0.25, -0.2) is 4.68 Å². The van der Waals surface area contributed by atoms with Crippen LogP contribution in [0.3, 0.4) is 0 Å². The summed E-state index contributed by atoms with van der Waals surface area (Å²) in [5.41, 5.74) is 6.90. The number of ether oxygens (including phenoxy) is 2. The monoisotopic (exact) mass is 291 g/mol. The van der Waals surface area contributed by atoms with E-state index in [0.717, 1.165) is 5.56 Å². The van der Waals surface area contributed by atoms with Crippen molar-refractivity contribution in [3.8, 4) is 17.1 Å². The molecule has 0 aliphatic carbocycles. The van der Waals surface area contributed by atoms with Gasteiger partial charge in [-0.3, -0.25) is 0 Å². The maximum Gasteiger partial charge on any atom is 0.182 e. The van der Waals surface area contributed by atoms with Gasteiger partial charge in [-0.15, -0.1) is 5.10 Å². The highest BCUT2D eigenvalue weighted by Gasteiger charge is 2.22. The standard InChI is InChI=1S/C14H21N5O2/c1-5-21-14(2,3)9-19-13(16-17-18-19)10-6-7-11(15)12(8-10)20-4/h6-8H,5,9,15H2,1-4H3. The molecule has 1 aromatic heterocycles. The Labute approximate surface area is 124 Å². The molecule has 0 unspecified atom stereocenters. The molecule has 0 amide bonds. The fourth-order valence-electron chi connectivity index (χ4n) is 2.17. The van der Waals surface area contributed by atoms with Crippen molar-refractivity contribution in [3.63, 3.8) is 0 Å². The van der Waals surface area contributed by atoms with Gasteiger partial charge in [0.25, 0.3) is 0 Å². The van der Waals surface area contributed by atoms with E-state index >= 15 is 0 Å². The zero-order valence-electron chi connectivity index (χ0n) is 12.8. The number of tetrazole rings is 1. The first-order valence-corrected chi connectivity index (χ1v) is 6.81. The second-order valence-corrected chi connectivity index (χ2v) is 5.31. The van der Waals surface area contributed by atoms with Crippen molar-refractivity contribution < 1.29 is 9.47 Å². The minimum atomic E-state index is -0.350. The van der Waals surface area contributed by atoms with Gasteiger partial charge in [0.05, 0.1) is 24.9 Å². The van der Waals surface area contributed by atoms with Crippen LogP contribution in [-0.2, 0) is 11.3 Å². The molecule has 0 saturated heterocycles. The number of nitrogen functional groups attached to an aromatic ring is 1. The van der Waals surface area contributed by atoms with E-state index in [9.17, 15) is 0 Å². The van der Waals surface area contributed by atoms with E-state index in [1.807, 2.05) is 32.9 Å². The Morgan fingerprint density at radius 2 is 2.10 bits per heavy atom. The lowest BCUT2D eigenvalue weighted by atomic mass is 10.1. The molecule has 2 aromatic rings. The topological polar surface area (TPSA) is 88.1 Å². The highest BCUT2D eigenvalue weighted by atomic mass is 16.5. The van der Waals surface area contributed by atoms with Crippen LogP contribution in [0.15, 0.2) is 18.2 Å². The van der Waals surface area contributed by atoms with Gasteiger partial charge in [-0.05, 0) is 49.4 Å². The van der Waals surface area contributed by atoms with Gasteiger partial charge in [0.2, 0.25) is 0 Å². The molecule has 0 fully saturated rings. The van der Waals surface area contributed by atoms with Crippen LogP contribution in [-0.4, -0.2) is 39.5 Å². The van der Waals surface area contributed by atoms with Crippen LogP contribution in [0.2, 0.25) is 0 Å². The Kier molecular flexibility index (Phi) is 4.42. The van der Waals surface area contributed by atoms with Gasteiger partial charge in [-0.2, -0.15) is 0 Å². The summed E-state index contributed by atoms with van der Waals surface area (Å²) in [6, 6.07) is 5.47. The predicted molar refractivity (Wildman–Crippen MR) is 79.9 cm³/mol. The Morgan fingerprint density at radius 3 is 2.76 bits per heavy atom. The summed E-state index contributed by atoms with van der Waals surface area (Å²) in [6.07, 6.45) is 0. The van der Waals surface area contributed by atoms with Gasteiger partial charge in [-0.1, -0.05) is 0 Å². The van der Waals surface area contributed by atoms with Gasteiger partial charge < -0.3 is 15.2 Å². The van der Waals surface area contributed by atoms with Crippen molar-refractivity contribution >= 4 is 5.69 Å². The molecule has 0 bridgehead atoms. The lowest BCUT2D eigenvalue weighted by Gasteiger charge is -2.24. The molecule has 2 rings (SSSR count). The molecule has 2 N–H and O–H groups in total. The minimum Gasteiger partial charge on any atom is -0.495 e. The van der Waals surface area contributed by atoms with Crippen molar-refractivity contribution in [2.24, 2.45) is 0 Å². The molecular formula is C14H21N5O2. The SMILES string of the molecule is CCOC(C)(C)Cn1nnnc1-c1ccc(N)c(OC)c1. The zero-order valence-corrected chi connectivity index (χ0v) is 12.8. The Balaban J connectivity index is 2.32. The minimum absolute atomic E-state index is 0.350. The molecule has 1 heterocycles. The first-order chi connectivity index (χ1) is 9.96. The molecule has 7 nitrogen and oxygen atoms in total. The van der Waals surface area contributed by atoms with Crippen molar-refractivity contribution in [1.82, 2.24) is 20.2 Å². The van der Waals surface area contributed by atoms with E-state index in [2.05, 4.69) is 15.5 Å². The molecule has 114 valence electrons. The summed E-state index contributed by atoms with van der Waals surface area (Å²) in [5.74, 6) is 1.26. The lowest BCUT2D eigenvalue weighted by molar-refractivity contribution is -0.0246. The zero-order chi connectivity index (χ0) is 15.5. The van der Waals surface area contributed by atoms with Crippen LogP contribution in [0, 0.1) is 0 Å². The highest BCUT2D eigenvalue weighted by Crippen LogP contribution is 2.28. The summed E-state index contributed by atoms with van der Waals surface area (Å²) in [4.78, 5) is 0. The lowest BCUT2D eigenvalue weighted by Crippen LogP contribution is -2.31. The van der Waals surface area contributed by atoms with Crippen molar-refractivity contribution in [1.29, 1.82) is 0 Å². The van der Waals surface area contributed by atoms with Crippen LogP contribution >= 0.6 is 0 Å². The summed E-state index contributed by atoms with van der Waals surface area (Å²) >= 11 is 0. The predicted octanol–water partition coefficient (Wildman–Crippen LogP) is 1.75. The summed E-state index contributed by atoms with van der Waals surface area (Å²) in [5, 5.41) is 11.9. The number of anilines is 1. The largest absolute Gasteiger partial charge is 0.495 e. The van der Waals surface area contributed by atoms with Crippen LogP contribution < -0.4 is 10.5 Å². The number of aromatic nitrogens is 4. The number of methoxy groups -OCH3 is 1. The fourth-order valence-corrected chi connectivity index (χ4v) is 2.17. The number of nitrogens with two attached hydrogens (primary N) is 1. The highest BCUT2D eigenvalue weighted by molar-refractivity contribution is 5.65. The van der Waals surface area contributed by atoms with Crippen molar-refractivity contribution in [2.75, 3.05) is 19.5 Å². The quantitative estimate of drug-likeness (QED) is 0.816. The Hall–Kier alpha value is -2.15. The van der Waals surface area contributed by atoms with Crippen molar-refractivity contribution in [3.05, 3.63) is 18.2 Å². The maximum absolute atomic E-state index is 5.83.